The first-order valence-electron chi connectivity index (χ1n) is 13.0. The zero-order valence-corrected chi connectivity index (χ0v) is 23.2. The number of carbonyl (C=O) groups excluding carboxylic acids is 1. The van der Waals surface area contributed by atoms with Gasteiger partial charge >= 0.3 is 0 Å². The van der Waals surface area contributed by atoms with Gasteiger partial charge in [0.2, 0.25) is 10.0 Å². The Kier molecular flexibility index (Phi) is 10.9. The third-order valence-corrected chi connectivity index (χ3v) is 8.01. The van der Waals surface area contributed by atoms with Gasteiger partial charge in [0.05, 0.1) is 12.4 Å². The first-order valence-corrected chi connectivity index (χ1v) is 14.7. The highest BCUT2D eigenvalue weighted by Crippen LogP contribution is 2.24. The van der Waals surface area contributed by atoms with E-state index in [2.05, 4.69) is 17.0 Å². The Bertz CT molecular complexity index is 1110. The molecule has 2 aromatic rings. The second kappa shape index (κ2) is 13.9. The second-order valence-electron chi connectivity index (χ2n) is 9.81. The molecule has 1 heterocycles. The molecule has 1 fully saturated rings. The van der Waals surface area contributed by atoms with Crippen molar-refractivity contribution < 1.29 is 22.7 Å². The smallest absolute Gasteiger partial charge is 0.254 e. The molecule has 2 aromatic carbocycles. The van der Waals surface area contributed by atoms with E-state index in [1.54, 1.807) is 7.11 Å². The standard InChI is InChI=1S/C28H41N3O5S/c1-5-23-12-13-24(16-27(23)36-15-9-14-35-4)28(32)31(21(2)3)19-25-17-29-18-26(25)30-37(33,34)20-22-10-7-6-8-11-22/h6-8,10-13,16,21,25-26,29-30H,5,9,14-15,17-20H2,1-4H3/t25-,26+/m0/s1. The fourth-order valence-corrected chi connectivity index (χ4v) is 6.03. The van der Waals surface area contributed by atoms with E-state index >= 15 is 0 Å². The maximum absolute atomic E-state index is 13.6. The lowest BCUT2D eigenvalue weighted by molar-refractivity contribution is 0.0671. The predicted octanol–water partition coefficient (Wildman–Crippen LogP) is 3.22. The minimum absolute atomic E-state index is 0.0448. The third kappa shape index (κ3) is 8.53. The summed E-state index contributed by atoms with van der Waals surface area (Å²) in [5.74, 6) is 0.525. The van der Waals surface area contributed by atoms with Gasteiger partial charge in [0.1, 0.15) is 5.75 Å². The number of benzene rings is 2. The largest absolute Gasteiger partial charge is 0.493 e. The van der Waals surface area contributed by atoms with Crippen molar-refractivity contribution in [2.24, 2.45) is 5.92 Å². The Hall–Kier alpha value is -2.46. The minimum Gasteiger partial charge on any atom is -0.493 e. The normalized spacial score (nSPS) is 17.8. The lowest BCUT2D eigenvalue weighted by Crippen LogP contribution is -2.47. The topological polar surface area (TPSA) is 97.0 Å². The number of nitrogens with one attached hydrogen (secondary N) is 2. The van der Waals surface area contributed by atoms with Crippen LogP contribution >= 0.6 is 0 Å². The monoisotopic (exact) mass is 531 g/mol. The van der Waals surface area contributed by atoms with E-state index in [1.807, 2.05) is 67.3 Å². The lowest BCUT2D eigenvalue weighted by Gasteiger charge is -2.32. The minimum atomic E-state index is -3.52. The van der Waals surface area contributed by atoms with E-state index in [0.717, 1.165) is 29.7 Å². The fraction of sp³-hybridized carbons (Fsp3) is 0.536. The highest BCUT2D eigenvalue weighted by molar-refractivity contribution is 7.88. The van der Waals surface area contributed by atoms with Gasteiger partial charge in [-0.1, -0.05) is 43.3 Å². The van der Waals surface area contributed by atoms with Crippen LogP contribution < -0.4 is 14.8 Å². The van der Waals surface area contributed by atoms with E-state index in [1.165, 1.54) is 0 Å². The average Bonchev–Trinajstić information content (AvgIpc) is 3.30. The molecular weight excluding hydrogens is 490 g/mol. The van der Waals surface area contributed by atoms with Crippen LogP contribution in [0, 0.1) is 5.92 Å². The number of nitrogens with zero attached hydrogens (tertiary/aromatic N) is 1. The molecular formula is C28H41N3O5S. The van der Waals surface area contributed by atoms with Gasteiger partial charge in [-0.05, 0) is 43.5 Å². The first kappa shape index (κ1) is 29.1. The van der Waals surface area contributed by atoms with Crippen molar-refractivity contribution in [3.63, 3.8) is 0 Å². The maximum atomic E-state index is 13.6. The Morgan fingerprint density at radius 1 is 1.14 bits per heavy atom. The van der Waals surface area contributed by atoms with Crippen molar-refractivity contribution in [3.05, 3.63) is 65.2 Å². The molecule has 2 N–H and O–H groups in total. The molecule has 37 heavy (non-hydrogen) atoms. The highest BCUT2D eigenvalue weighted by Gasteiger charge is 2.34. The van der Waals surface area contributed by atoms with Crippen LogP contribution in [0.25, 0.3) is 0 Å². The summed E-state index contributed by atoms with van der Waals surface area (Å²) >= 11 is 0. The molecule has 0 radical (unpaired) electrons. The second-order valence-corrected chi connectivity index (χ2v) is 11.6. The zero-order valence-electron chi connectivity index (χ0n) is 22.4. The van der Waals surface area contributed by atoms with Crippen molar-refractivity contribution in [1.29, 1.82) is 0 Å². The number of ether oxygens (including phenoxy) is 2. The predicted molar refractivity (Wildman–Crippen MR) is 146 cm³/mol. The maximum Gasteiger partial charge on any atom is 0.254 e. The Morgan fingerprint density at radius 3 is 2.57 bits per heavy atom. The Morgan fingerprint density at radius 2 is 1.89 bits per heavy atom. The summed E-state index contributed by atoms with van der Waals surface area (Å²) in [7, 11) is -1.86. The van der Waals surface area contributed by atoms with Crippen molar-refractivity contribution in [3.8, 4) is 5.75 Å². The van der Waals surface area contributed by atoms with Crippen LogP contribution in [0.15, 0.2) is 48.5 Å². The number of methoxy groups -OCH3 is 1. The van der Waals surface area contributed by atoms with E-state index in [0.29, 0.717) is 38.4 Å². The van der Waals surface area contributed by atoms with Crippen LogP contribution in [0.3, 0.4) is 0 Å². The number of rotatable bonds is 14. The summed E-state index contributed by atoms with van der Waals surface area (Å²) in [5.41, 5.74) is 2.37. The molecule has 0 saturated carbocycles. The molecule has 0 aliphatic carbocycles. The summed E-state index contributed by atoms with van der Waals surface area (Å²) < 4.78 is 39.7. The molecule has 1 aliphatic rings. The van der Waals surface area contributed by atoms with E-state index in [-0.39, 0.29) is 29.7 Å². The van der Waals surface area contributed by atoms with Gasteiger partial charge in [-0.25, -0.2) is 13.1 Å². The van der Waals surface area contributed by atoms with Crippen molar-refractivity contribution in [2.75, 3.05) is 40.0 Å². The van der Waals surface area contributed by atoms with Crippen molar-refractivity contribution in [1.82, 2.24) is 14.9 Å². The van der Waals surface area contributed by atoms with Gasteiger partial charge in [-0.3, -0.25) is 4.79 Å². The third-order valence-electron chi connectivity index (χ3n) is 6.63. The van der Waals surface area contributed by atoms with Crippen LogP contribution in [-0.2, 0) is 26.9 Å². The molecule has 1 saturated heterocycles. The molecule has 2 atom stereocenters. The van der Waals surface area contributed by atoms with E-state index in [4.69, 9.17) is 9.47 Å². The summed E-state index contributed by atoms with van der Waals surface area (Å²) in [6, 6.07) is 14.4. The molecule has 0 spiro atoms. The number of amides is 1. The van der Waals surface area contributed by atoms with Gasteiger partial charge < -0.3 is 19.7 Å². The molecule has 8 nitrogen and oxygen atoms in total. The Balaban J connectivity index is 1.70. The van der Waals surface area contributed by atoms with E-state index < -0.39 is 10.0 Å². The molecule has 204 valence electrons. The highest BCUT2D eigenvalue weighted by atomic mass is 32.2. The quantitative estimate of drug-likeness (QED) is 0.364. The van der Waals surface area contributed by atoms with Crippen LogP contribution in [-0.4, -0.2) is 71.3 Å². The van der Waals surface area contributed by atoms with Crippen molar-refractivity contribution in [2.45, 2.75) is 51.4 Å². The molecule has 0 aromatic heterocycles. The number of hydrogen-bond acceptors (Lipinski definition) is 6. The average molecular weight is 532 g/mol. The fourth-order valence-electron chi connectivity index (χ4n) is 4.57. The summed E-state index contributed by atoms with van der Waals surface area (Å²) in [6.07, 6.45) is 1.58. The number of sulfonamides is 1. The molecule has 1 amide bonds. The van der Waals surface area contributed by atoms with E-state index in [9.17, 15) is 13.2 Å². The van der Waals surface area contributed by atoms with Crippen LogP contribution in [0.5, 0.6) is 5.75 Å². The molecule has 0 bridgehead atoms. The van der Waals surface area contributed by atoms with Crippen LogP contribution in [0.1, 0.15) is 48.7 Å². The SMILES string of the molecule is CCc1ccc(C(=O)N(C[C@@H]2CNC[C@H]2NS(=O)(=O)Cc2ccccc2)C(C)C)cc1OCCCOC. The molecule has 3 rings (SSSR count). The van der Waals surface area contributed by atoms with Gasteiger partial charge in [-0.15, -0.1) is 0 Å². The summed E-state index contributed by atoms with van der Waals surface area (Å²) in [4.78, 5) is 15.5. The molecule has 9 heteroatoms. The number of hydrogen-bond donors (Lipinski definition) is 2. The van der Waals surface area contributed by atoms with Crippen LogP contribution in [0.4, 0.5) is 0 Å². The van der Waals surface area contributed by atoms with Crippen LogP contribution in [0.2, 0.25) is 0 Å². The van der Waals surface area contributed by atoms with Gasteiger partial charge in [-0.2, -0.15) is 0 Å². The Labute approximate surface area is 221 Å². The van der Waals surface area contributed by atoms with Gasteiger partial charge in [0, 0.05) is 63.3 Å². The van der Waals surface area contributed by atoms with Gasteiger partial charge in [0.25, 0.3) is 5.91 Å². The van der Waals surface area contributed by atoms with Gasteiger partial charge in [0.15, 0.2) is 0 Å². The number of aryl methyl sites for hydroxylation is 1. The lowest BCUT2D eigenvalue weighted by atomic mass is 10.0. The zero-order chi connectivity index (χ0) is 26.8. The van der Waals surface area contributed by atoms with Crippen molar-refractivity contribution >= 4 is 15.9 Å². The molecule has 0 unspecified atom stereocenters. The summed E-state index contributed by atoms with van der Waals surface area (Å²) in [5, 5.41) is 3.29. The number of carbonyl (C=O) groups is 1. The first-order chi connectivity index (χ1) is 17.7. The summed E-state index contributed by atoms with van der Waals surface area (Å²) in [6.45, 7) is 8.78. The molecule has 1 aliphatic heterocycles.